The van der Waals surface area contributed by atoms with E-state index >= 15 is 8.78 Å². The van der Waals surface area contributed by atoms with E-state index in [0.29, 0.717) is 16.9 Å². The van der Waals surface area contributed by atoms with Crippen LogP contribution in [0.15, 0.2) is 31.2 Å². The Kier molecular flexibility index (Phi) is 7.68. The standard InChI is InChI=1S/C23H27F2N9O6P2S2/c24-15-13(33-8-31-17-12(26)1-2-28-22(17)33)3-10-5-37-42(36,44)40-20-11(6-38-41(35,43)39-19(10)15)4-14(16(20)25)34-9-32-18-21(27)29-7-30-23(18)34/h1-2,7-11,13-16,19-20H,3-6H2,(H2,26,28)(H,35,43)(H,36,44)(H2,27,29,30)/t10-,11-,13-,14-,15?,16?,19+,20+,41?,42?/m1/s1. The molecule has 44 heavy (non-hydrogen) atoms. The predicted molar refractivity (Wildman–Crippen MR) is 161 cm³/mol. The maximum absolute atomic E-state index is 16.1. The molecule has 0 radical (unpaired) electrons. The summed E-state index contributed by atoms with van der Waals surface area (Å²) in [6, 6.07) is -0.217. The molecule has 1 aliphatic heterocycles. The average Bonchev–Trinajstić information content (AvgIpc) is 3.73. The van der Waals surface area contributed by atoms with E-state index in [9.17, 15) is 9.13 Å². The molecule has 3 fully saturated rings. The first-order valence-corrected chi connectivity index (χ1v) is 18.9. The van der Waals surface area contributed by atoms with Crippen molar-refractivity contribution in [1.29, 1.82) is 0 Å². The van der Waals surface area contributed by atoms with Gasteiger partial charge in [-0.05, 0) is 18.9 Å². The molecule has 2 saturated carbocycles. The summed E-state index contributed by atoms with van der Waals surface area (Å²) >= 11 is 8.22. The summed E-state index contributed by atoms with van der Waals surface area (Å²) in [4.78, 5) is 20.8. The highest BCUT2D eigenvalue weighted by atomic mass is 32.7. The number of rotatable bonds is 2. The molecular weight excluding hydrogens is 662 g/mol. The molecule has 0 spiro atoms. The number of fused-ring (bicyclic) bond motifs is 4. The van der Waals surface area contributed by atoms with Crippen LogP contribution in [0.3, 0.4) is 0 Å². The summed E-state index contributed by atoms with van der Waals surface area (Å²) in [6.45, 7) is -9.19. The summed E-state index contributed by atoms with van der Waals surface area (Å²) in [7, 11) is 0. The Morgan fingerprint density at radius 3 is 1.89 bits per heavy atom. The first-order chi connectivity index (χ1) is 20.9. The molecular formula is C23H27F2N9O6P2S2. The van der Waals surface area contributed by atoms with Gasteiger partial charge in [0.05, 0.1) is 43.6 Å². The summed E-state index contributed by atoms with van der Waals surface area (Å²) in [5.41, 5.74) is 13.6. The van der Waals surface area contributed by atoms with Crippen LogP contribution in [0.5, 0.6) is 0 Å². The van der Waals surface area contributed by atoms with Gasteiger partial charge in [-0.15, -0.1) is 0 Å². The highest BCUT2D eigenvalue weighted by Crippen LogP contribution is 2.62. The van der Waals surface area contributed by atoms with Gasteiger partial charge in [0, 0.05) is 18.0 Å². The number of nitrogen functional groups attached to an aromatic ring is 2. The van der Waals surface area contributed by atoms with E-state index in [1.54, 1.807) is 6.07 Å². The van der Waals surface area contributed by atoms with Crippen molar-refractivity contribution < 1.29 is 36.0 Å². The first-order valence-electron chi connectivity index (χ1n) is 13.5. The summed E-state index contributed by atoms with van der Waals surface area (Å²) in [6.07, 6.45) is -0.598. The van der Waals surface area contributed by atoms with E-state index in [4.69, 9.17) is 29.6 Å². The van der Waals surface area contributed by atoms with E-state index in [2.05, 4.69) is 49.4 Å². The molecule has 1 saturated heterocycles. The minimum absolute atomic E-state index is 0.0620. The van der Waals surface area contributed by atoms with Gasteiger partial charge in [0.2, 0.25) is 0 Å². The molecule has 236 valence electrons. The molecule has 0 amide bonds. The SMILES string of the molecule is Nc1ccnc2c1ncn2[C@@H]1C[C@@H]2COP(=O)(S)O[C@@H]3C(F)[C@H](n4cnc5c(N)ncnc54)C[C@@H]3COP(=O)(S)O[C@@H]2C1F. The van der Waals surface area contributed by atoms with Crippen LogP contribution in [0, 0.1) is 11.8 Å². The molecule has 4 aromatic rings. The van der Waals surface area contributed by atoms with Gasteiger partial charge in [-0.25, -0.2) is 42.8 Å². The van der Waals surface area contributed by atoms with Crippen LogP contribution in [0.1, 0.15) is 24.9 Å². The van der Waals surface area contributed by atoms with E-state index in [-0.39, 0.29) is 43.0 Å². The molecule has 0 aromatic carbocycles. The predicted octanol–water partition coefficient (Wildman–Crippen LogP) is 4.13. The zero-order valence-electron chi connectivity index (χ0n) is 22.6. The maximum atomic E-state index is 16.1. The number of hydrogen-bond donors (Lipinski definition) is 4. The van der Waals surface area contributed by atoms with E-state index in [1.165, 1.54) is 34.3 Å². The smallest absolute Gasteiger partial charge is 0.386 e. The zero-order chi connectivity index (χ0) is 31.0. The van der Waals surface area contributed by atoms with Gasteiger partial charge in [-0.1, -0.05) is 24.5 Å². The van der Waals surface area contributed by atoms with Crippen molar-refractivity contribution in [2.75, 3.05) is 24.7 Å². The Morgan fingerprint density at radius 2 is 1.32 bits per heavy atom. The molecule has 2 aliphatic carbocycles. The lowest BCUT2D eigenvalue weighted by molar-refractivity contribution is 0.0182. The number of hydrogen-bond acceptors (Lipinski definition) is 13. The quantitative estimate of drug-likeness (QED) is 0.173. The molecule has 4 N–H and O–H groups in total. The van der Waals surface area contributed by atoms with Crippen LogP contribution in [0.2, 0.25) is 0 Å². The number of pyridine rings is 1. The molecule has 15 nitrogen and oxygen atoms in total. The number of anilines is 2. The molecule has 4 unspecified atom stereocenters. The van der Waals surface area contributed by atoms with Crippen LogP contribution in [0.4, 0.5) is 20.3 Å². The van der Waals surface area contributed by atoms with Crippen molar-refractivity contribution in [1.82, 2.24) is 34.1 Å². The summed E-state index contributed by atoms with van der Waals surface area (Å²) in [5.74, 6) is -1.51. The van der Waals surface area contributed by atoms with Crippen molar-refractivity contribution in [3.05, 3.63) is 31.2 Å². The van der Waals surface area contributed by atoms with Crippen molar-refractivity contribution in [3.63, 3.8) is 0 Å². The fraction of sp³-hybridized carbons (Fsp3) is 0.522. The van der Waals surface area contributed by atoms with Gasteiger partial charge in [0.15, 0.2) is 17.1 Å². The minimum atomic E-state index is -4.22. The lowest BCUT2D eigenvalue weighted by Gasteiger charge is -2.29. The molecule has 7 rings (SSSR count). The second-order valence-electron chi connectivity index (χ2n) is 11.0. The number of thiol groups is 2. The van der Waals surface area contributed by atoms with Crippen molar-refractivity contribution in [2.45, 2.75) is 49.5 Å². The van der Waals surface area contributed by atoms with Crippen LogP contribution >= 0.6 is 38.1 Å². The second-order valence-corrected chi connectivity index (χ2v) is 16.7. The Bertz CT molecular complexity index is 1710. The topological polar surface area (TPSA) is 197 Å². The highest BCUT2D eigenvalue weighted by Gasteiger charge is 2.53. The Morgan fingerprint density at radius 1 is 0.795 bits per heavy atom. The third-order valence-corrected chi connectivity index (χ3v) is 11.6. The largest absolute Gasteiger partial charge is 0.397 e. The lowest BCUT2D eigenvalue weighted by Crippen LogP contribution is -2.32. The van der Waals surface area contributed by atoms with Gasteiger partial charge in [0.1, 0.15) is 41.9 Å². The van der Waals surface area contributed by atoms with E-state index < -0.39 is 62.1 Å². The molecule has 3 aliphatic rings. The van der Waals surface area contributed by atoms with Crippen molar-refractivity contribution >= 4 is 71.9 Å². The Balaban J connectivity index is 1.17. The summed E-state index contributed by atoms with van der Waals surface area (Å²) in [5, 5.41) is 0. The van der Waals surface area contributed by atoms with Crippen LogP contribution in [-0.2, 0) is 27.2 Å². The summed E-state index contributed by atoms with van der Waals surface area (Å²) < 4.78 is 84.6. The average molecular weight is 690 g/mol. The van der Waals surface area contributed by atoms with E-state index in [0.717, 1.165) is 0 Å². The number of aromatic nitrogens is 7. The van der Waals surface area contributed by atoms with Gasteiger partial charge < -0.3 is 29.6 Å². The highest BCUT2D eigenvalue weighted by molar-refractivity contribution is 8.44. The van der Waals surface area contributed by atoms with Gasteiger partial charge >= 0.3 is 13.6 Å². The van der Waals surface area contributed by atoms with Gasteiger partial charge in [-0.3, -0.25) is 9.05 Å². The number of nitrogens with zero attached hydrogens (tertiary/aromatic N) is 7. The van der Waals surface area contributed by atoms with E-state index in [1.807, 2.05) is 0 Å². The molecule has 5 heterocycles. The molecule has 21 heteroatoms. The lowest BCUT2D eigenvalue weighted by atomic mass is 10.1. The maximum Gasteiger partial charge on any atom is 0.386 e. The zero-order valence-corrected chi connectivity index (χ0v) is 26.2. The molecule has 0 bridgehead atoms. The number of alkyl halides is 2. The monoisotopic (exact) mass is 689 g/mol. The van der Waals surface area contributed by atoms with Crippen LogP contribution in [-0.4, -0.2) is 71.8 Å². The third kappa shape index (κ3) is 5.30. The fourth-order valence-electron chi connectivity index (χ4n) is 6.31. The normalized spacial score (nSPS) is 38.3. The molecule has 10 atom stereocenters. The van der Waals surface area contributed by atoms with Crippen LogP contribution < -0.4 is 11.5 Å². The van der Waals surface area contributed by atoms with Crippen molar-refractivity contribution in [2.24, 2.45) is 11.8 Å². The fourth-order valence-corrected chi connectivity index (χ4v) is 9.44. The third-order valence-electron chi connectivity index (χ3n) is 8.39. The number of nitrogens with two attached hydrogens (primary N) is 2. The number of imidazole rings is 2. The molecule has 4 aromatic heterocycles. The Labute approximate surface area is 258 Å². The first kappa shape index (κ1) is 30.3. The minimum Gasteiger partial charge on any atom is -0.397 e. The van der Waals surface area contributed by atoms with Gasteiger partial charge in [0.25, 0.3) is 0 Å². The van der Waals surface area contributed by atoms with Crippen LogP contribution in [0.25, 0.3) is 22.3 Å². The van der Waals surface area contributed by atoms with Gasteiger partial charge in [-0.2, -0.15) is 0 Å². The second kappa shape index (κ2) is 11.2. The van der Waals surface area contributed by atoms with Crippen molar-refractivity contribution in [3.8, 4) is 0 Å². The number of halogens is 2. The Hall–Kier alpha value is -2.37.